The Kier molecular flexibility index (Phi) is 2.29. The number of ketones is 1. The van der Waals surface area contributed by atoms with Crippen LogP contribution in [0.15, 0.2) is 5.38 Å². The monoisotopic (exact) mass is 170 g/mol. The number of rotatable bonds is 2. The Bertz CT molecular complexity index is 276. The maximum atomic E-state index is 11.1. The van der Waals surface area contributed by atoms with Crippen LogP contribution in [0.2, 0.25) is 0 Å². The standard InChI is InChI=1S/C8H10O2S/c1-3-6(9)8-7(10)5(2)4-11-8/h4,10H,3H2,1-2H3. The molecule has 60 valence electrons. The number of hydrogen-bond donors (Lipinski definition) is 1. The van der Waals surface area contributed by atoms with Gasteiger partial charge in [0, 0.05) is 12.0 Å². The highest BCUT2D eigenvalue weighted by Gasteiger charge is 2.12. The van der Waals surface area contributed by atoms with E-state index in [-0.39, 0.29) is 11.5 Å². The summed E-state index contributed by atoms with van der Waals surface area (Å²) in [5.74, 6) is 0.169. The molecule has 0 amide bonds. The summed E-state index contributed by atoms with van der Waals surface area (Å²) < 4.78 is 0. The number of carbonyl (C=O) groups is 1. The SMILES string of the molecule is CCC(=O)c1scc(C)c1O. The molecule has 0 radical (unpaired) electrons. The second-order valence-corrected chi connectivity index (χ2v) is 3.25. The number of hydrogen-bond acceptors (Lipinski definition) is 3. The normalized spacial score (nSPS) is 10.0. The highest BCUT2D eigenvalue weighted by atomic mass is 32.1. The van der Waals surface area contributed by atoms with Crippen LogP contribution in [0.25, 0.3) is 0 Å². The Hall–Kier alpha value is -0.830. The fourth-order valence-corrected chi connectivity index (χ4v) is 1.75. The highest BCUT2D eigenvalue weighted by molar-refractivity contribution is 7.12. The summed E-state index contributed by atoms with van der Waals surface area (Å²) >= 11 is 1.31. The summed E-state index contributed by atoms with van der Waals surface area (Å²) in [6.07, 6.45) is 0.452. The molecule has 0 atom stereocenters. The molecule has 1 aromatic heterocycles. The predicted octanol–water partition coefficient (Wildman–Crippen LogP) is 2.35. The maximum absolute atomic E-state index is 11.1. The van der Waals surface area contributed by atoms with Gasteiger partial charge in [-0.3, -0.25) is 4.79 Å². The molecule has 0 aliphatic heterocycles. The average molecular weight is 170 g/mol. The van der Waals surface area contributed by atoms with Gasteiger partial charge in [0.15, 0.2) is 5.78 Å². The van der Waals surface area contributed by atoms with Crippen molar-refractivity contribution in [1.82, 2.24) is 0 Å². The lowest BCUT2D eigenvalue weighted by Crippen LogP contribution is -1.92. The van der Waals surface area contributed by atoms with Gasteiger partial charge in [-0.2, -0.15) is 0 Å². The number of Topliss-reactive ketones (excluding diaryl/α,β-unsaturated/α-hetero) is 1. The van der Waals surface area contributed by atoms with Gasteiger partial charge < -0.3 is 5.11 Å². The Morgan fingerprint density at radius 2 is 2.36 bits per heavy atom. The van der Waals surface area contributed by atoms with Crippen LogP contribution in [-0.4, -0.2) is 10.9 Å². The van der Waals surface area contributed by atoms with Crippen molar-refractivity contribution < 1.29 is 9.90 Å². The van der Waals surface area contributed by atoms with E-state index in [2.05, 4.69) is 0 Å². The van der Waals surface area contributed by atoms with Crippen LogP contribution in [0.5, 0.6) is 5.75 Å². The summed E-state index contributed by atoms with van der Waals surface area (Å²) in [5.41, 5.74) is 0.784. The molecule has 2 nitrogen and oxygen atoms in total. The molecule has 0 aliphatic rings. The van der Waals surface area contributed by atoms with E-state index in [9.17, 15) is 9.90 Å². The number of aromatic hydroxyl groups is 1. The van der Waals surface area contributed by atoms with Crippen molar-refractivity contribution in [3.05, 3.63) is 15.8 Å². The van der Waals surface area contributed by atoms with E-state index < -0.39 is 0 Å². The predicted molar refractivity (Wildman–Crippen MR) is 45.3 cm³/mol. The molecule has 1 rings (SSSR count). The topological polar surface area (TPSA) is 37.3 Å². The van der Waals surface area contributed by atoms with E-state index >= 15 is 0 Å². The molecule has 1 heterocycles. The minimum Gasteiger partial charge on any atom is -0.506 e. The molecule has 0 aliphatic carbocycles. The maximum Gasteiger partial charge on any atom is 0.176 e. The van der Waals surface area contributed by atoms with E-state index in [0.29, 0.717) is 11.3 Å². The van der Waals surface area contributed by atoms with Crippen molar-refractivity contribution in [2.45, 2.75) is 20.3 Å². The fourth-order valence-electron chi connectivity index (χ4n) is 0.796. The largest absolute Gasteiger partial charge is 0.506 e. The van der Waals surface area contributed by atoms with Gasteiger partial charge in [-0.1, -0.05) is 6.92 Å². The molecule has 0 aromatic carbocycles. The molecular weight excluding hydrogens is 160 g/mol. The third-order valence-corrected chi connectivity index (χ3v) is 2.64. The van der Waals surface area contributed by atoms with Crippen molar-refractivity contribution >= 4 is 17.1 Å². The lowest BCUT2D eigenvalue weighted by molar-refractivity contribution is 0.0989. The van der Waals surface area contributed by atoms with Gasteiger partial charge in [-0.25, -0.2) is 0 Å². The third-order valence-electron chi connectivity index (χ3n) is 1.52. The zero-order valence-corrected chi connectivity index (χ0v) is 7.36. The Morgan fingerprint density at radius 1 is 1.73 bits per heavy atom. The quantitative estimate of drug-likeness (QED) is 0.692. The lowest BCUT2D eigenvalue weighted by atomic mass is 10.2. The van der Waals surface area contributed by atoms with Crippen LogP contribution in [0, 0.1) is 6.92 Å². The second kappa shape index (κ2) is 3.05. The minimum absolute atomic E-state index is 0.0144. The summed E-state index contributed by atoms with van der Waals surface area (Å²) in [6.45, 7) is 3.58. The van der Waals surface area contributed by atoms with Gasteiger partial charge in [0.05, 0.1) is 0 Å². The van der Waals surface area contributed by atoms with Crippen LogP contribution < -0.4 is 0 Å². The van der Waals surface area contributed by atoms with E-state index in [4.69, 9.17) is 0 Å². The van der Waals surface area contributed by atoms with Crippen LogP contribution >= 0.6 is 11.3 Å². The van der Waals surface area contributed by atoms with Crippen molar-refractivity contribution in [1.29, 1.82) is 0 Å². The second-order valence-electron chi connectivity index (χ2n) is 2.37. The van der Waals surface area contributed by atoms with Crippen molar-refractivity contribution in [3.8, 4) is 5.75 Å². The third kappa shape index (κ3) is 1.43. The van der Waals surface area contributed by atoms with Crippen molar-refractivity contribution in [2.24, 2.45) is 0 Å². The van der Waals surface area contributed by atoms with E-state index in [1.54, 1.807) is 19.2 Å². The van der Waals surface area contributed by atoms with E-state index in [1.807, 2.05) is 0 Å². The van der Waals surface area contributed by atoms with Gasteiger partial charge in [0.1, 0.15) is 10.6 Å². The molecule has 0 bridgehead atoms. The average Bonchev–Trinajstić information content (AvgIpc) is 2.32. The molecule has 0 spiro atoms. The molecule has 1 aromatic rings. The van der Waals surface area contributed by atoms with Crippen LogP contribution in [0.1, 0.15) is 28.6 Å². The fraction of sp³-hybridized carbons (Fsp3) is 0.375. The number of carbonyl (C=O) groups excluding carboxylic acids is 1. The van der Waals surface area contributed by atoms with Gasteiger partial charge in [0.2, 0.25) is 0 Å². The van der Waals surface area contributed by atoms with Crippen molar-refractivity contribution in [3.63, 3.8) is 0 Å². The molecule has 11 heavy (non-hydrogen) atoms. The molecule has 0 unspecified atom stereocenters. The summed E-state index contributed by atoms with van der Waals surface area (Å²) in [7, 11) is 0. The molecular formula is C8H10O2S. The molecule has 1 N–H and O–H groups in total. The first-order chi connectivity index (χ1) is 5.16. The zero-order chi connectivity index (χ0) is 8.43. The van der Waals surface area contributed by atoms with Gasteiger partial charge in [-0.15, -0.1) is 11.3 Å². The minimum atomic E-state index is 0.0144. The van der Waals surface area contributed by atoms with Crippen molar-refractivity contribution in [2.75, 3.05) is 0 Å². The van der Waals surface area contributed by atoms with E-state index in [1.165, 1.54) is 11.3 Å². The summed E-state index contributed by atoms with van der Waals surface area (Å²) in [6, 6.07) is 0. The Labute approximate surface area is 69.5 Å². The van der Waals surface area contributed by atoms with Crippen LogP contribution in [-0.2, 0) is 0 Å². The number of thiophene rings is 1. The van der Waals surface area contributed by atoms with Gasteiger partial charge in [-0.05, 0) is 12.3 Å². The van der Waals surface area contributed by atoms with Crippen LogP contribution in [0.4, 0.5) is 0 Å². The molecule has 0 fully saturated rings. The summed E-state index contributed by atoms with van der Waals surface area (Å²) in [5, 5.41) is 11.1. The van der Waals surface area contributed by atoms with Gasteiger partial charge in [0.25, 0.3) is 0 Å². The Morgan fingerprint density at radius 3 is 2.73 bits per heavy atom. The molecule has 0 saturated heterocycles. The first kappa shape index (κ1) is 8.27. The summed E-state index contributed by atoms with van der Waals surface area (Å²) in [4.78, 5) is 11.6. The molecule has 3 heteroatoms. The first-order valence-corrected chi connectivity index (χ1v) is 4.35. The van der Waals surface area contributed by atoms with Gasteiger partial charge >= 0.3 is 0 Å². The lowest BCUT2D eigenvalue weighted by Gasteiger charge is -1.93. The first-order valence-electron chi connectivity index (χ1n) is 3.47. The number of aryl methyl sites for hydroxylation is 1. The zero-order valence-electron chi connectivity index (χ0n) is 6.55. The van der Waals surface area contributed by atoms with Crippen LogP contribution in [0.3, 0.4) is 0 Å². The van der Waals surface area contributed by atoms with E-state index in [0.717, 1.165) is 5.56 Å². The smallest absolute Gasteiger partial charge is 0.176 e. The Balaban J connectivity index is 3.04. The molecule has 0 saturated carbocycles. The highest BCUT2D eigenvalue weighted by Crippen LogP contribution is 2.29.